The van der Waals surface area contributed by atoms with Gasteiger partial charge in [0.05, 0.1) is 17.7 Å². The number of carbonyl (C=O) groups is 1. The van der Waals surface area contributed by atoms with E-state index < -0.39 is 0 Å². The second kappa shape index (κ2) is 10.8. The molecule has 0 aliphatic carbocycles. The summed E-state index contributed by atoms with van der Waals surface area (Å²) in [6.07, 6.45) is 1.82. The van der Waals surface area contributed by atoms with E-state index in [2.05, 4.69) is 48.2 Å². The van der Waals surface area contributed by atoms with E-state index in [1.54, 1.807) is 7.11 Å². The van der Waals surface area contributed by atoms with Crippen LogP contribution in [0, 0.1) is 13.8 Å². The van der Waals surface area contributed by atoms with Crippen LogP contribution in [0.25, 0.3) is 6.08 Å². The SMILES string of the molecule is COc1cc(/C=C2\SC(=Nc3ccc(C)cc3C)NC2=O)ccc1OCc1ccc(Br)cc1Br. The molecular weight excluding hydrogens is 580 g/mol. The summed E-state index contributed by atoms with van der Waals surface area (Å²) >= 11 is 8.33. The molecule has 1 fully saturated rings. The van der Waals surface area contributed by atoms with Gasteiger partial charge in [-0.3, -0.25) is 4.79 Å². The molecule has 1 N–H and O–H groups in total. The number of thioether (sulfide) groups is 1. The molecule has 0 aromatic heterocycles. The van der Waals surface area contributed by atoms with Crippen molar-refractivity contribution in [1.29, 1.82) is 0 Å². The van der Waals surface area contributed by atoms with Crippen molar-refractivity contribution in [2.24, 2.45) is 4.99 Å². The van der Waals surface area contributed by atoms with Crippen molar-refractivity contribution in [3.8, 4) is 11.5 Å². The molecule has 0 unspecified atom stereocenters. The van der Waals surface area contributed by atoms with E-state index in [1.807, 2.05) is 68.5 Å². The number of hydrogen-bond donors (Lipinski definition) is 1. The zero-order chi connectivity index (χ0) is 24.2. The molecule has 0 saturated carbocycles. The molecule has 3 aromatic rings. The van der Waals surface area contributed by atoms with Crippen LogP contribution in [0.3, 0.4) is 0 Å². The van der Waals surface area contributed by atoms with Crippen LogP contribution in [0.2, 0.25) is 0 Å². The van der Waals surface area contributed by atoms with E-state index in [1.165, 1.54) is 17.3 Å². The predicted molar refractivity (Wildman–Crippen MR) is 146 cm³/mol. The van der Waals surface area contributed by atoms with Gasteiger partial charge in [0, 0.05) is 14.5 Å². The molecule has 0 spiro atoms. The monoisotopic (exact) mass is 600 g/mol. The maximum atomic E-state index is 12.5. The van der Waals surface area contributed by atoms with Gasteiger partial charge in [-0.25, -0.2) is 4.99 Å². The van der Waals surface area contributed by atoms with Gasteiger partial charge in [0.15, 0.2) is 16.7 Å². The Bertz CT molecular complexity index is 1320. The van der Waals surface area contributed by atoms with Gasteiger partial charge in [-0.2, -0.15) is 0 Å². The van der Waals surface area contributed by atoms with E-state index in [9.17, 15) is 4.79 Å². The molecule has 0 bridgehead atoms. The van der Waals surface area contributed by atoms with Crippen molar-refractivity contribution in [3.63, 3.8) is 0 Å². The molecule has 1 heterocycles. The van der Waals surface area contributed by atoms with Crippen molar-refractivity contribution >= 4 is 66.5 Å². The van der Waals surface area contributed by atoms with Crippen molar-refractivity contribution in [2.45, 2.75) is 20.5 Å². The number of aliphatic imine (C=N–C) groups is 1. The quantitative estimate of drug-likeness (QED) is 0.301. The minimum atomic E-state index is -0.173. The third-order valence-corrected chi connectivity index (χ3v) is 7.25. The van der Waals surface area contributed by atoms with Crippen molar-refractivity contribution < 1.29 is 14.3 Å². The molecule has 34 heavy (non-hydrogen) atoms. The number of nitrogens with zero attached hydrogens (tertiary/aromatic N) is 1. The van der Waals surface area contributed by atoms with Gasteiger partial charge in [-0.05, 0) is 73.1 Å². The Hall–Kier alpha value is -2.55. The fraction of sp³-hybridized carbons (Fsp3) is 0.154. The summed E-state index contributed by atoms with van der Waals surface area (Å²) in [6.45, 7) is 4.44. The second-order valence-corrected chi connectivity index (χ2v) is 10.5. The van der Waals surface area contributed by atoms with E-state index in [0.717, 1.165) is 31.3 Å². The van der Waals surface area contributed by atoms with Gasteiger partial charge in [-0.1, -0.05) is 61.7 Å². The first kappa shape index (κ1) is 24.6. The van der Waals surface area contributed by atoms with Crippen LogP contribution < -0.4 is 14.8 Å². The number of amides is 1. The fourth-order valence-corrected chi connectivity index (χ4v) is 5.36. The van der Waals surface area contributed by atoms with E-state index >= 15 is 0 Å². The number of ether oxygens (including phenoxy) is 2. The van der Waals surface area contributed by atoms with E-state index in [4.69, 9.17) is 9.47 Å². The molecule has 3 aromatic carbocycles. The molecule has 1 amide bonds. The Morgan fingerprint density at radius 2 is 1.85 bits per heavy atom. The number of amidine groups is 1. The van der Waals surface area contributed by atoms with Gasteiger partial charge in [0.25, 0.3) is 5.91 Å². The number of benzene rings is 3. The molecule has 1 saturated heterocycles. The average Bonchev–Trinajstić information content (AvgIpc) is 3.14. The average molecular weight is 602 g/mol. The summed E-state index contributed by atoms with van der Waals surface area (Å²) in [5, 5.41) is 3.41. The summed E-state index contributed by atoms with van der Waals surface area (Å²) in [7, 11) is 1.60. The fourth-order valence-electron chi connectivity index (χ4n) is 3.36. The Labute approximate surface area is 219 Å². The van der Waals surface area contributed by atoms with Crippen molar-refractivity contribution in [2.75, 3.05) is 7.11 Å². The van der Waals surface area contributed by atoms with Gasteiger partial charge >= 0.3 is 0 Å². The predicted octanol–water partition coefficient (Wildman–Crippen LogP) is 7.31. The normalized spacial score (nSPS) is 15.6. The molecule has 8 heteroatoms. The first-order chi connectivity index (χ1) is 16.3. The highest BCUT2D eigenvalue weighted by Crippen LogP contribution is 2.33. The van der Waals surface area contributed by atoms with Crippen LogP contribution in [0.15, 0.2) is 73.4 Å². The zero-order valence-electron chi connectivity index (χ0n) is 18.8. The number of halogens is 2. The van der Waals surface area contributed by atoms with Gasteiger partial charge in [-0.15, -0.1) is 0 Å². The molecule has 0 atom stereocenters. The number of methoxy groups -OCH3 is 1. The number of hydrogen-bond acceptors (Lipinski definition) is 5. The summed E-state index contributed by atoms with van der Waals surface area (Å²) in [4.78, 5) is 17.7. The number of nitrogens with one attached hydrogen (secondary N) is 1. The second-order valence-electron chi connectivity index (χ2n) is 7.71. The van der Waals surface area contributed by atoms with Crippen molar-refractivity contribution in [3.05, 3.63) is 90.7 Å². The molecule has 1 aliphatic heterocycles. The first-order valence-corrected chi connectivity index (χ1v) is 12.8. The maximum absolute atomic E-state index is 12.5. The molecule has 1 aliphatic rings. The highest BCUT2D eigenvalue weighted by molar-refractivity contribution is 9.11. The lowest BCUT2D eigenvalue weighted by molar-refractivity contribution is -0.115. The standard InChI is InChI=1S/C26H22Br2N2O3S/c1-15-4-8-21(16(2)10-15)29-26-30-25(31)24(34-26)12-17-5-9-22(23(11-17)32-3)33-14-18-6-7-19(27)13-20(18)28/h4-13H,14H2,1-3H3,(H,29,30,31)/b24-12-. The zero-order valence-corrected chi connectivity index (χ0v) is 22.8. The van der Waals surface area contributed by atoms with Crippen LogP contribution in [-0.2, 0) is 11.4 Å². The Morgan fingerprint density at radius 3 is 2.59 bits per heavy atom. The Kier molecular flexibility index (Phi) is 7.80. The Balaban J connectivity index is 1.50. The Morgan fingerprint density at radius 1 is 1.03 bits per heavy atom. The van der Waals surface area contributed by atoms with Crippen LogP contribution in [-0.4, -0.2) is 18.2 Å². The number of aryl methyl sites for hydroxylation is 2. The van der Waals surface area contributed by atoms with Gasteiger partial charge in [0.2, 0.25) is 0 Å². The number of rotatable bonds is 6. The summed E-state index contributed by atoms with van der Waals surface area (Å²) in [6, 6.07) is 17.6. The lowest BCUT2D eigenvalue weighted by Gasteiger charge is -2.12. The smallest absolute Gasteiger partial charge is 0.264 e. The molecular formula is C26H22Br2N2O3S. The molecule has 0 radical (unpaired) electrons. The van der Waals surface area contributed by atoms with Crippen LogP contribution >= 0.6 is 43.6 Å². The maximum Gasteiger partial charge on any atom is 0.264 e. The minimum Gasteiger partial charge on any atom is -0.493 e. The summed E-state index contributed by atoms with van der Waals surface area (Å²) in [5.74, 6) is 1.04. The topological polar surface area (TPSA) is 59.9 Å². The summed E-state index contributed by atoms with van der Waals surface area (Å²) in [5.41, 5.74) is 4.94. The van der Waals surface area contributed by atoms with E-state index in [-0.39, 0.29) is 5.91 Å². The van der Waals surface area contributed by atoms with Gasteiger partial charge < -0.3 is 14.8 Å². The first-order valence-electron chi connectivity index (χ1n) is 10.4. The lowest BCUT2D eigenvalue weighted by atomic mass is 10.1. The van der Waals surface area contributed by atoms with Crippen LogP contribution in [0.4, 0.5) is 5.69 Å². The van der Waals surface area contributed by atoms with E-state index in [0.29, 0.717) is 28.2 Å². The highest BCUT2D eigenvalue weighted by atomic mass is 79.9. The van der Waals surface area contributed by atoms with Crippen molar-refractivity contribution in [1.82, 2.24) is 5.32 Å². The molecule has 174 valence electrons. The van der Waals surface area contributed by atoms with Crippen LogP contribution in [0.5, 0.6) is 11.5 Å². The number of carbonyl (C=O) groups excluding carboxylic acids is 1. The highest BCUT2D eigenvalue weighted by Gasteiger charge is 2.24. The minimum absolute atomic E-state index is 0.173. The molecule has 5 nitrogen and oxygen atoms in total. The summed E-state index contributed by atoms with van der Waals surface area (Å²) < 4.78 is 13.5. The van der Waals surface area contributed by atoms with Crippen LogP contribution in [0.1, 0.15) is 22.3 Å². The lowest BCUT2D eigenvalue weighted by Crippen LogP contribution is -2.19. The largest absolute Gasteiger partial charge is 0.493 e. The third-order valence-electron chi connectivity index (χ3n) is 5.11. The molecule has 4 rings (SSSR count). The van der Waals surface area contributed by atoms with Gasteiger partial charge in [0.1, 0.15) is 6.61 Å². The third kappa shape index (κ3) is 5.92.